The molecule has 0 aliphatic carbocycles. The number of hydrogen-bond acceptors (Lipinski definition) is 4. The number of carbonyl (C=O) groups excluding carboxylic acids is 2. The van der Waals surface area contributed by atoms with Gasteiger partial charge in [0.15, 0.2) is 11.5 Å². The largest absolute Gasteiger partial charge is 0.453 e. The molecule has 2 aliphatic rings. The van der Waals surface area contributed by atoms with E-state index in [2.05, 4.69) is 52.9 Å². The third-order valence-corrected chi connectivity index (χ3v) is 4.86. The average Bonchev–Trinajstić information content (AvgIpc) is 3.10. The van der Waals surface area contributed by atoms with Crippen molar-refractivity contribution in [1.82, 2.24) is 10.2 Å². The predicted molar refractivity (Wildman–Crippen MR) is 104 cm³/mol. The number of urea groups is 1. The second-order valence-corrected chi connectivity index (χ2v) is 8.99. The number of amides is 3. The molecular formula is C21H28N2O4. The third-order valence-electron chi connectivity index (χ3n) is 4.86. The molecule has 2 heterocycles. The molecule has 146 valence electrons. The van der Waals surface area contributed by atoms with E-state index in [-0.39, 0.29) is 29.2 Å². The third kappa shape index (κ3) is 3.29. The molecule has 0 saturated carbocycles. The molecule has 1 fully saturated rings. The van der Waals surface area contributed by atoms with Crippen LogP contribution in [-0.4, -0.2) is 30.2 Å². The molecule has 1 aromatic rings. The molecule has 1 N–H and O–H groups in total. The summed E-state index contributed by atoms with van der Waals surface area (Å²) in [5.41, 5.74) is 2.84. The molecule has 1 aromatic carbocycles. The van der Waals surface area contributed by atoms with Crippen molar-refractivity contribution in [3.63, 3.8) is 0 Å². The van der Waals surface area contributed by atoms with E-state index in [1.165, 1.54) is 4.90 Å². The number of benzene rings is 1. The van der Waals surface area contributed by atoms with Gasteiger partial charge in [-0.15, -0.1) is 0 Å². The Hall–Kier alpha value is -2.50. The Bertz CT molecular complexity index is 841. The molecule has 0 unspecified atom stereocenters. The lowest BCUT2D eigenvalue weighted by atomic mass is 9.77. The fourth-order valence-corrected chi connectivity index (χ4v) is 3.41. The minimum Gasteiger partial charge on any atom is -0.453 e. The number of ether oxygens (including phenoxy) is 2. The van der Waals surface area contributed by atoms with Crippen molar-refractivity contribution in [3.05, 3.63) is 28.5 Å². The molecule has 2 aliphatic heterocycles. The normalized spacial score (nSPS) is 18.5. The Morgan fingerprint density at radius 1 is 1.04 bits per heavy atom. The maximum Gasteiger partial charge on any atom is 0.328 e. The first kappa shape index (κ1) is 19.3. The topological polar surface area (TPSA) is 67.9 Å². The van der Waals surface area contributed by atoms with Gasteiger partial charge in [0.25, 0.3) is 5.91 Å². The molecule has 27 heavy (non-hydrogen) atoms. The van der Waals surface area contributed by atoms with E-state index in [4.69, 9.17) is 9.47 Å². The van der Waals surface area contributed by atoms with Crippen LogP contribution in [-0.2, 0) is 15.6 Å². The molecule has 0 aromatic heterocycles. The minimum absolute atomic E-state index is 0.125. The molecular weight excluding hydrogens is 344 g/mol. The van der Waals surface area contributed by atoms with Crippen LogP contribution in [0.5, 0.6) is 11.5 Å². The van der Waals surface area contributed by atoms with E-state index in [1.807, 2.05) is 0 Å². The molecule has 1 saturated heterocycles. The fourth-order valence-electron chi connectivity index (χ4n) is 3.41. The summed E-state index contributed by atoms with van der Waals surface area (Å²) in [6.07, 6.45) is 1.72. The van der Waals surface area contributed by atoms with E-state index in [9.17, 15) is 9.59 Å². The van der Waals surface area contributed by atoms with Crippen LogP contribution < -0.4 is 14.8 Å². The van der Waals surface area contributed by atoms with Gasteiger partial charge in [-0.05, 0) is 29.4 Å². The van der Waals surface area contributed by atoms with E-state index in [0.717, 1.165) is 16.7 Å². The molecule has 0 radical (unpaired) electrons. The quantitative estimate of drug-likeness (QED) is 0.631. The van der Waals surface area contributed by atoms with Crippen LogP contribution >= 0.6 is 0 Å². The minimum atomic E-state index is -0.397. The van der Waals surface area contributed by atoms with Crippen molar-refractivity contribution in [3.8, 4) is 11.5 Å². The van der Waals surface area contributed by atoms with E-state index < -0.39 is 6.03 Å². The summed E-state index contributed by atoms with van der Waals surface area (Å²) in [4.78, 5) is 25.7. The Balaban J connectivity index is 2.25. The summed E-state index contributed by atoms with van der Waals surface area (Å²) < 4.78 is 11.6. The Kier molecular flexibility index (Phi) is 4.49. The van der Waals surface area contributed by atoms with Gasteiger partial charge in [-0.3, -0.25) is 9.69 Å². The van der Waals surface area contributed by atoms with Gasteiger partial charge in [0.2, 0.25) is 6.79 Å². The summed E-state index contributed by atoms with van der Waals surface area (Å²) in [6, 6.07) is 1.74. The zero-order chi connectivity index (χ0) is 20.1. The number of imide groups is 1. The number of rotatable bonds is 2. The predicted octanol–water partition coefficient (Wildman–Crippen LogP) is 3.92. The fraction of sp³-hybridized carbons (Fsp3) is 0.524. The highest BCUT2D eigenvalue weighted by Crippen LogP contribution is 2.48. The first-order valence-corrected chi connectivity index (χ1v) is 9.27. The van der Waals surface area contributed by atoms with Gasteiger partial charge in [-0.2, -0.15) is 0 Å². The molecule has 0 spiro atoms. The van der Waals surface area contributed by atoms with Crippen molar-refractivity contribution in [2.24, 2.45) is 0 Å². The summed E-state index contributed by atoms with van der Waals surface area (Å²) >= 11 is 0. The molecule has 3 amide bonds. The van der Waals surface area contributed by atoms with Crippen LogP contribution in [0.2, 0.25) is 0 Å². The van der Waals surface area contributed by atoms with Gasteiger partial charge in [0, 0.05) is 17.7 Å². The molecule has 3 rings (SSSR count). The van der Waals surface area contributed by atoms with Crippen LogP contribution in [0.15, 0.2) is 11.8 Å². The van der Waals surface area contributed by atoms with Gasteiger partial charge < -0.3 is 14.8 Å². The van der Waals surface area contributed by atoms with E-state index >= 15 is 0 Å². The Labute approximate surface area is 160 Å². The lowest BCUT2D eigenvalue weighted by Gasteiger charge is -2.28. The average molecular weight is 372 g/mol. The summed E-state index contributed by atoms with van der Waals surface area (Å²) in [5.74, 6) is 1.03. The van der Waals surface area contributed by atoms with Crippen LogP contribution in [0, 0.1) is 0 Å². The smallest absolute Gasteiger partial charge is 0.328 e. The number of nitrogens with zero attached hydrogens (tertiary/aromatic N) is 1. The summed E-state index contributed by atoms with van der Waals surface area (Å²) in [7, 11) is 0. The first-order valence-electron chi connectivity index (χ1n) is 9.27. The van der Waals surface area contributed by atoms with Crippen LogP contribution in [0.3, 0.4) is 0 Å². The van der Waals surface area contributed by atoms with E-state index in [0.29, 0.717) is 18.0 Å². The van der Waals surface area contributed by atoms with Crippen molar-refractivity contribution < 1.29 is 19.1 Å². The maximum atomic E-state index is 12.5. The van der Waals surface area contributed by atoms with Crippen molar-refractivity contribution in [2.45, 2.75) is 59.3 Å². The van der Waals surface area contributed by atoms with Gasteiger partial charge in [0.1, 0.15) is 5.70 Å². The van der Waals surface area contributed by atoms with Crippen molar-refractivity contribution in [2.75, 3.05) is 13.3 Å². The summed E-state index contributed by atoms with van der Waals surface area (Å²) in [5, 5.41) is 2.67. The number of fused-ring (bicyclic) bond motifs is 1. The molecule has 6 heteroatoms. The monoisotopic (exact) mass is 372 g/mol. The maximum absolute atomic E-state index is 12.5. The summed E-state index contributed by atoms with van der Waals surface area (Å²) in [6.45, 7) is 15.0. The number of hydrogen-bond donors (Lipinski definition) is 1. The molecule has 6 nitrogen and oxygen atoms in total. The van der Waals surface area contributed by atoms with Gasteiger partial charge in [-0.25, -0.2) is 4.79 Å². The first-order chi connectivity index (χ1) is 12.4. The SMILES string of the molecule is CCN1C(=O)N/C(=C\c2c(C(C)(C)C)cc(C(C)(C)C)c3c2OCO3)C1=O. The van der Waals surface area contributed by atoms with Crippen LogP contribution in [0.25, 0.3) is 6.08 Å². The lowest BCUT2D eigenvalue weighted by Crippen LogP contribution is -2.30. The zero-order valence-electron chi connectivity index (χ0n) is 17.1. The van der Waals surface area contributed by atoms with Crippen LogP contribution in [0.1, 0.15) is 65.2 Å². The van der Waals surface area contributed by atoms with Gasteiger partial charge in [0.05, 0.1) is 0 Å². The number of carbonyl (C=O) groups is 2. The zero-order valence-corrected chi connectivity index (χ0v) is 17.1. The lowest BCUT2D eigenvalue weighted by molar-refractivity contribution is -0.122. The highest BCUT2D eigenvalue weighted by molar-refractivity contribution is 6.14. The Morgan fingerprint density at radius 2 is 1.63 bits per heavy atom. The molecule has 0 bridgehead atoms. The standard InChI is InChI=1S/C21H28N2O4/c1-8-23-18(24)15(22-19(23)25)9-12-13(20(2,3)4)10-14(21(5,6)7)17-16(12)26-11-27-17/h9-10H,8,11H2,1-7H3,(H,22,25)/b15-9-. The number of nitrogens with one attached hydrogen (secondary N) is 1. The molecule has 0 atom stereocenters. The van der Waals surface area contributed by atoms with Crippen molar-refractivity contribution >= 4 is 18.0 Å². The van der Waals surface area contributed by atoms with E-state index in [1.54, 1.807) is 13.0 Å². The van der Waals surface area contributed by atoms with Gasteiger partial charge >= 0.3 is 6.03 Å². The highest BCUT2D eigenvalue weighted by atomic mass is 16.7. The van der Waals surface area contributed by atoms with Crippen LogP contribution in [0.4, 0.5) is 4.79 Å². The second kappa shape index (κ2) is 6.29. The second-order valence-electron chi connectivity index (χ2n) is 8.99. The number of likely N-dealkylation sites (N-methyl/N-ethyl adjacent to an activating group) is 1. The van der Waals surface area contributed by atoms with Crippen molar-refractivity contribution in [1.29, 1.82) is 0 Å². The highest BCUT2D eigenvalue weighted by Gasteiger charge is 2.36. The van der Waals surface area contributed by atoms with Gasteiger partial charge in [-0.1, -0.05) is 47.6 Å². The Morgan fingerprint density at radius 3 is 2.15 bits per heavy atom.